The average molecular weight is 428 g/mol. The zero-order chi connectivity index (χ0) is 21.5. The lowest BCUT2D eigenvalue weighted by molar-refractivity contribution is -0.116. The molecule has 0 spiro atoms. The van der Waals surface area contributed by atoms with Gasteiger partial charge in [-0.1, -0.05) is 20.8 Å². The summed E-state index contributed by atoms with van der Waals surface area (Å²) in [6.07, 6.45) is 3.53. The van der Waals surface area contributed by atoms with Crippen molar-refractivity contribution in [3.63, 3.8) is 0 Å². The highest BCUT2D eigenvalue weighted by atomic mass is 32.1. The second kappa shape index (κ2) is 7.95. The molecule has 0 radical (unpaired) electrons. The van der Waals surface area contributed by atoms with Gasteiger partial charge < -0.3 is 10.3 Å². The van der Waals surface area contributed by atoms with Gasteiger partial charge in [0.2, 0.25) is 5.91 Å². The molecule has 2 N–H and O–H groups in total. The topological polar surface area (TPSA) is 74.8 Å². The summed E-state index contributed by atoms with van der Waals surface area (Å²) in [6, 6.07) is 5.62. The number of carbonyl (C=O) groups excluding carboxylic acids is 1. The fourth-order valence-corrected chi connectivity index (χ4v) is 5.39. The molecule has 30 heavy (non-hydrogen) atoms. The van der Waals surface area contributed by atoms with Crippen molar-refractivity contribution in [3.05, 3.63) is 56.7 Å². The SMILES string of the molecule is CC(C)(C)C1CCc2c(sc3nc(CCC(=O)Nc4ccc(F)cc4)[nH]c(=O)c23)C1. The number of halogens is 1. The summed E-state index contributed by atoms with van der Waals surface area (Å²) >= 11 is 1.62. The molecule has 0 fully saturated rings. The number of aromatic amines is 1. The monoisotopic (exact) mass is 427 g/mol. The highest BCUT2D eigenvalue weighted by molar-refractivity contribution is 7.18. The molecule has 0 saturated carbocycles. The Labute approximate surface area is 178 Å². The largest absolute Gasteiger partial charge is 0.326 e. The zero-order valence-corrected chi connectivity index (χ0v) is 18.3. The molecule has 3 aromatic rings. The van der Waals surface area contributed by atoms with Crippen LogP contribution in [0.25, 0.3) is 10.2 Å². The maximum atomic E-state index is 13.0. The Morgan fingerprint density at radius 1 is 1.30 bits per heavy atom. The van der Waals surface area contributed by atoms with Crippen LogP contribution in [0.5, 0.6) is 0 Å². The van der Waals surface area contributed by atoms with Gasteiger partial charge in [-0.2, -0.15) is 0 Å². The van der Waals surface area contributed by atoms with Crippen molar-refractivity contribution >= 4 is 33.1 Å². The van der Waals surface area contributed by atoms with Crippen LogP contribution in [0.2, 0.25) is 0 Å². The molecule has 1 aliphatic carbocycles. The Balaban J connectivity index is 1.49. The minimum Gasteiger partial charge on any atom is -0.326 e. The number of aromatic nitrogens is 2. The summed E-state index contributed by atoms with van der Waals surface area (Å²) in [5.41, 5.74) is 1.83. The van der Waals surface area contributed by atoms with Crippen LogP contribution in [0.15, 0.2) is 29.1 Å². The van der Waals surface area contributed by atoms with E-state index in [0.29, 0.717) is 23.9 Å². The molecule has 1 aliphatic rings. The Morgan fingerprint density at radius 2 is 2.03 bits per heavy atom. The predicted molar refractivity (Wildman–Crippen MR) is 119 cm³/mol. The number of nitrogens with one attached hydrogen (secondary N) is 2. The van der Waals surface area contributed by atoms with E-state index in [0.717, 1.165) is 35.0 Å². The van der Waals surface area contributed by atoms with E-state index in [-0.39, 0.29) is 29.1 Å². The number of hydrogen-bond acceptors (Lipinski definition) is 4. The normalized spacial score (nSPS) is 16.5. The van der Waals surface area contributed by atoms with Gasteiger partial charge in [-0.3, -0.25) is 9.59 Å². The first-order chi connectivity index (χ1) is 14.2. The summed E-state index contributed by atoms with van der Waals surface area (Å²) < 4.78 is 13.0. The van der Waals surface area contributed by atoms with E-state index in [1.807, 2.05) is 0 Å². The molecule has 2 aromatic heterocycles. The van der Waals surface area contributed by atoms with Gasteiger partial charge in [0.15, 0.2) is 0 Å². The van der Waals surface area contributed by atoms with Crippen molar-refractivity contribution in [2.75, 3.05) is 5.32 Å². The Morgan fingerprint density at radius 3 is 2.73 bits per heavy atom. The number of anilines is 1. The van der Waals surface area contributed by atoms with Crippen LogP contribution >= 0.6 is 11.3 Å². The molecule has 2 heterocycles. The Kier molecular flexibility index (Phi) is 5.49. The molecule has 158 valence electrons. The fraction of sp³-hybridized carbons (Fsp3) is 0.435. The first-order valence-corrected chi connectivity index (χ1v) is 11.1. The summed E-state index contributed by atoms with van der Waals surface area (Å²) in [5.74, 6) is 0.567. The lowest BCUT2D eigenvalue weighted by Gasteiger charge is -2.33. The van der Waals surface area contributed by atoms with E-state index in [9.17, 15) is 14.0 Å². The number of amides is 1. The van der Waals surface area contributed by atoms with Gasteiger partial charge in [-0.05, 0) is 60.4 Å². The number of H-pyrrole nitrogens is 1. The van der Waals surface area contributed by atoms with E-state index in [4.69, 9.17) is 0 Å². The molecule has 5 nitrogen and oxygen atoms in total. The van der Waals surface area contributed by atoms with Crippen LogP contribution in [0.4, 0.5) is 10.1 Å². The Bertz CT molecular complexity index is 1140. The first-order valence-electron chi connectivity index (χ1n) is 10.3. The third-order valence-electron chi connectivity index (χ3n) is 5.91. The van der Waals surface area contributed by atoms with Crippen molar-refractivity contribution in [2.45, 2.75) is 52.9 Å². The number of carbonyl (C=O) groups is 1. The second-order valence-corrected chi connectivity index (χ2v) is 10.1. The number of nitrogens with zero attached hydrogens (tertiary/aromatic N) is 1. The molecule has 0 aliphatic heterocycles. The quantitative estimate of drug-likeness (QED) is 0.625. The number of thiophene rings is 1. The average Bonchev–Trinajstić information content (AvgIpc) is 3.05. The van der Waals surface area contributed by atoms with E-state index in [1.54, 1.807) is 11.3 Å². The van der Waals surface area contributed by atoms with Crippen LogP contribution < -0.4 is 10.9 Å². The molecular formula is C23H26FN3O2S. The molecule has 1 atom stereocenters. The number of rotatable bonds is 4. The maximum absolute atomic E-state index is 13.0. The molecule has 4 rings (SSSR count). The summed E-state index contributed by atoms with van der Waals surface area (Å²) in [5, 5.41) is 3.45. The predicted octanol–water partition coefficient (Wildman–Crippen LogP) is 4.85. The Hall–Kier alpha value is -2.54. The van der Waals surface area contributed by atoms with Crippen molar-refractivity contribution in [1.29, 1.82) is 0 Å². The van der Waals surface area contributed by atoms with E-state index in [1.165, 1.54) is 29.1 Å². The van der Waals surface area contributed by atoms with Crippen LogP contribution in [-0.2, 0) is 24.1 Å². The number of aryl methyl sites for hydroxylation is 2. The summed E-state index contributed by atoms with van der Waals surface area (Å²) in [6.45, 7) is 6.82. The lowest BCUT2D eigenvalue weighted by atomic mass is 9.72. The van der Waals surface area contributed by atoms with Gasteiger partial charge in [0.1, 0.15) is 16.5 Å². The lowest BCUT2D eigenvalue weighted by Crippen LogP contribution is -2.26. The van der Waals surface area contributed by atoms with E-state index >= 15 is 0 Å². The van der Waals surface area contributed by atoms with Crippen LogP contribution in [0.3, 0.4) is 0 Å². The van der Waals surface area contributed by atoms with Crippen molar-refractivity contribution < 1.29 is 9.18 Å². The highest BCUT2D eigenvalue weighted by Gasteiger charge is 2.31. The smallest absolute Gasteiger partial charge is 0.259 e. The minimum absolute atomic E-state index is 0.111. The molecule has 1 aromatic carbocycles. The fourth-order valence-electron chi connectivity index (χ4n) is 4.07. The van der Waals surface area contributed by atoms with Crippen LogP contribution in [-0.4, -0.2) is 15.9 Å². The van der Waals surface area contributed by atoms with Crippen LogP contribution in [0, 0.1) is 17.2 Å². The van der Waals surface area contributed by atoms with Crippen molar-refractivity contribution in [1.82, 2.24) is 9.97 Å². The molecule has 1 unspecified atom stereocenters. The van der Waals surface area contributed by atoms with Crippen molar-refractivity contribution in [2.24, 2.45) is 11.3 Å². The third-order valence-corrected chi connectivity index (χ3v) is 7.06. The second-order valence-electron chi connectivity index (χ2n) is 9.06. The van der Waals surface area contributed by atoms with Gasteiger partial charge >= 0.3 is 0 Å². The number of fused-ring (bicyclic) bond motifs is 3. The standard InChI is InChI=1S/C23H26FN3O2S/c1-23(2,3)13-4-9-16-17(12-13)30-22-20(16)21(29)26-18(27-22)10-11-19(28)25-15-7-5-14(24)6-8-15/h5-8,13H,4,9-12H2,1-3H3,(H,25,28)(H,26,27,29). The third kappa shape index (κ3) is 4.31. The maximum Gasteiger partial charge on any atom is 0.259 e. The van der Waals surface area contributed by atoms with Crippen LogP contribution in [0.1, 0.15) is 49.9 Å². The van der Waals surface area contributed by atoms with E-state index < -0.39 is 0 Å². The van der Waals surface area contributed by atoms with Gasteiger partial charge in [0, 0.05) is 23.4 Å². The number of benzene rings is 1. The van der Waals surface area contributed by atoms with Gasteiger partial charge in [-0.15, -0.1) is 11.3 Å². The summed E-state index contributed by atoms with van der Waals surface area (Å²) in [7, 11) is 0. The first kappa shape index (κ1) is 20.7. The molecular weight excluding hydrogens is 401 g/mol. The minimum atomic E-state index is -0.351. The molecule has 0 bridgehead atoms. The zero-order valence-electron chi connectivity index (χ0n) is 17.5. The molecule has 0 saturated heterocycles. The highest BCUT2D eigenvalue weighted by Crippen LogP contribution is 2.41. The molecule has 7 heteroatoms. The van der Waals surface area contributed by atoms with Gasteiger partial charge in [-0.25, -0.2) is 9.37 Å². The van der Waals surface area contributed by atoms with Gasteiger partial charge in [0.25, 0.3) is 5.56 Å². The summed E-state index contributed by atoms with van der Waals surface area (Å²) in [4.78, 5) is 34.5. The van der Waals surface area contributed by atoms with Gasteiger partial charge in [0.05, 0.1) is 5.39 Å². The van der Waals surface area contributed by atoms with Crippen molar-refractivity contribution in [3.8, 4) is 0 Å². The number of hydrogen-bond donors (Lipinski definition) is 2. The van der Waals surface area contributed by atoms with E-state index in [2.05, 4.69) is 36.1 Å². The molecule has 1 amide bonds.